The van der Waals surface area contributed by atoms with Gasteiger partial charge in [-0.15, -0.1) is 0 Å². The topological polar surface area (TPSA) is 66.5 Å². The van der Waals surface area contributed by atoms with Crippen molar-refractivity contribution in [1.82, 2.24) is 9.62 Å². The van der Waals surface area contributed by atoms with Crippen LogP contribution in [0.5, 0.6) is 0 Å². The van der Waals surface area contributed by atoms with E-state index in [9.17, 15) is 13.2 Å². The Morgan fingerprint density at radius 1 is 1.21 bits per heavy atom. The summed E-state index contributed by atoms with van der Waals surface area (Å²) >= 11 is 0. The maximum atomic E-state index is 12.3. The van der Waals surface area contributed by atoms with Gasteiger partial charge in [-0.2, -0.15) is 4.31 Å². The van der Waals surface area contributed by atoms with Crippen molar-refractivity contribution < 1.29 is 13.2 Å². The van der Waals surface area contributed by atoms with Crippen LogP contribution in [-0.4, -0.2) is 43.5 Å². The predicted molar refractivity (Wildman–Crippen MR) is 74.1 cm³/mol. The van der Waals surface area contributed by atoms with Gasteiger partial charge in [0.25, 0.3) is 0 Å². The second-order valence-electron chi connectivity index (χ2n) is 6.01. The van der Waals surface area contributed by atoms with Crippen LogP contribution in [0.4, 0.5) is 0 Å². The molecule has 3 atom stereocenters. The number of nitrogens with one attached hydrogen (secondary N) is 1. The normalized spacial score (nSPS) is 33.3. The Kier molecular flexibility index (Phi) is 4.50. The SMILES string of the molecule is CC1CCC(NC(=O)C2CCCCN2S(C)(=O)=O)C1. The van der Waals surface area contributed by atoms with E-state index in [0.29, 0.717) is 18.9 Å². The minimum absolute atomic E-state index is 0.107. The van der Waals surface area contributed by atoms with E-state index < -0.39 is 16.1 Å². The lowest BCUT2D eigenvalue weighted by Gasteiger charge is -2.33. The van der Waals surface area contributed by atoms with Crippen LogP contribution in [0.25, 0.3) is 0 Å². The molecule has 2 rings (SSSR count). The Labute approximate surface area is 115 Å². The van der Waals surface area contributed by atoms with Gasteiger partial charge in [-0.1, -0.05) is 13.3 Å². The van der Waals surface area contributed by atoms with E-state index in [1.165, 1.54) is 10.6 Å². The molecule has 2 fully saturated rings. The molecule has 1 aliphatic carbocycles. The molecular formula is C13H24N2O3S. The molecule has 2 aliphatic rings. The summed E-state index contributed by atoms with van der Waals surface area (Å²) in [5, 5.41) is 3.04. The average Bonchev–Trinajstić information content (AvgIpc) is 2.73. The third-order valence-corrected chi connectivity index (χ3v) is 5.51. The molecule has 1 N–H and O–H groups in total. The van der Waals surface area contributed by atoms with Crippen molar-refractivity contribution in [2.45, 2.75) is 57.5 Å². The first-order valence-corrected chi connectivity index (χ1v) is 9.00. The number of piperidine rings is 1. The van der Waals surface area contributed by atoms with Gasteiger partial charge in [0.2, 0.25) is 15.9 Å². The summed E-state index contributed by atoms with van der Waals surface area (Å²) in [6.07, 6.45) is 6.77. The van der Waals surface area contributed by atoms with E-state index in [-0.39, 0.29) is 11.9 Å². The number of sulfonamides is 1. The minimum Gasteiger partial charge on any atom is -0.352 e. The van der Waals surface area contributed by atoms with Gasteiger partial charge in [0.1, 0.15) is 6.04 Å². The molecule has 1 heterocycles. The lowest BCUT2D eigenvalue weighted by molar-refractivity contribution is -0.126. The zero-order chi connectivity index (χ0) is 14.0. The van der Waals surface area contributed by atoms with Crippen LogP contribution in [0.3, 0.4) is 0 Å². The quantitative estimate of drug-likeness (QED) is 0.846. The van der Waals surface area contributed by atoms with Gasteiger partial charge < -0.3 is 5.32 Å². The lowest BCUT2D eigenvalue weighted by atomic mass is 10.0. The molecule has 1 aliphatic heterocycles. The molecule has 1 amide bonds. The number of nitrogens with zero attached hydrogens (tertiary/aromatic N) is 1. The summed E-state index contributed by atoms with van der Waals surface area (Å²) in [5.41, 5.74) is 0. The smallest absolute Gasteiger partial charge is 0.238 e. The fraction of sp³-hybridized carbons (Fsp3) is 0.923. The van der Waals surface area contributed by atoms with Crippen LogP contribution >= 0.6 is 0 Å². The summed E-state index contributed by atoms with van der Waals surface area (Å²) in [6, 6.07) is -0.273. The Hall–Kier alpha value is -0.620. The van der Waals surface area contributed by atoms with E-state index in [0.717, 1.165) is 32.1 Å². The summed E-state index contributed by atoms with van der Waals surface area (Å²) in [5.74, 6) is 0.548. The van der Waals surface area contributed by atoms with Crippen molar-refractivity contribution in [3.63, 3.8) is 0 Å². The Morgan fingerprint density at radius 3 is 2.53 bits per heavy atom. The fourth-order valence-corrected chi connectivity index (χ4v) is 4.32. The van der Waals surface area contributed by atoms with Crippen LogP contribution in [0.2, 0.25) is 0 Å². The number of hydrogen-bond donors (Lipinski definition) is 1. The number of carbonyl (C=O) groups excluding carboxylic acids is 1. The van der Waals surface area contributed by atoms with Crippen molar-refractivity contribution >= 4 is 15.9 Å². The third kappa shape index (κ3) is 3.69. The molecule has 0 aromatic rings. The van der Waals surface area contributed by atoms with Crippen LogP contribution in [-0.2, 0) is 14.8 Å². The first-order chi connectivity index (χ1) is 8.88. The zero-order valence-electron chi connectivity index (χ0n) is 11.8. The maximum absolute atomic E-state index is 12.3. The summed E-state index contributed by atoms with van der Waals surface area (Å²) in [4.78, 5) is 12.3. The second-order valence-corrected chi connectivity index (χ2v) is 7.94. The van der Waals surface area contributed by atoms with Gasteiger partial charge in [0.05, 0.1) is 6.26 Å². The molecule has 0 aromatic carbocycles. The molecule has 1 saturated carbocycles. The van der Waals surface area contributed by atoms with E-state index in [1.807, 2.05) is 0 Å². The monoisotopic (exact) mass is 288 g/mol. The molecule has 0 bridgehead atoms. The van der Waals surface area contributed by atoms with E-state index in [2.05, 4.69) is 12.2 Å². The van der Waals surface area contributed by atoms with E-state index >= 15 is 0 Å². The average molecular weight is 288 g/mol. The van der Waals surface area contributed by atoms with Gasteiger partial charge in [-0.25, -0.2) is 8.42 Å². The zero-order valence-corrected chi connectivity index (χ0v) is 12.6. The first-order valence-electron chi connectivity index (χ1n) is 7.15. The molecule has 19 heavy (non-hydrogen) atoms. The van der Waals surface area contributed by atoms with Crippen molar-refractivity contribution in [2.75, 3.05) is 12.8 Å². The molecule has 0 aromatic heterocycles. The van der Waals surface area contributed by atoms with Crippen LogP contribution in [0.1, 0.15) is 45.4 Å². The highest BCUT2D eigenvalue weighted by molar-refractivity contribution is 7.88. The molecule has 6 heteroatoms. The molecule has 110 valence electrons. The summed E-state index contributed by atoms with van der Waals surface area (Å²) in [7, 11) is -3.29. The van der Waals surface area contributed by atoms with Crippen LogP contribution < -0.4 is 5.32 Å². The Balaban J connectivity index is 2.00. The van der Waals surface area contributed by atoms with Gasteiger partial charge in [-0.3, -0.25) is 4.79 Å². The van der Waals surface area contributed by atoms with Gasteiger partial charge in [-0.05, 0) is 38.0 Å². The predicted octanol–water partition coefficient (Wildman–Crippen LogP) is 1.11. The lowest BCUT2D eigenvalue weighted by Crippen LogP contribution is -2.53. The highest BCUT2D eigenvalue weighted by Gasteiger charge is 2.35. The van der Waals surface area contributed by atoms with E-state index in [4.69, 9.17) is 0 Å². The standard InChI is InChI=1S/C13H24N2O3S/c1-10-6-7-11(9-10)14-13(16)12-5-3-4-8-15(12)19(2,17)18/h10-12H,3-9H2,1-2H3,(H,14,16). The molecule has 0 spiro atoms. The van der Waals surface area contributed by atoms with Crippen LogP contribution in [0, 0.1) is 5.92 Å². The minimum atomic E-state index is -3.29. The molecule has 1 saturated heterocycles. The van der Waals surface area contributed by atoms with E-state index in [1.54, 1.807) is 0 Å². The van der Waals surface area contributed by atoms with Crippen molar-refractivity contribution in [3.05, 3.63) is 0 Å². The Morgan fingerprint density at radius 2 is 1.95 bits per heavy atom. The molecule has 5 nitrogen and oxygen atoms in total. The van der Waals surface area contributed by atoms with Crippen molar-refractivity contribution in [2.24, 2.45) is 5.92 Å². The molecule has 3 unspecified atom stereocenters. The third-order valence-electron chi connectivity index (χ3n) is 4.22. The highest BCUT2D eigenvalue weighted by Crippen LogP contribution is 2.26. The summed E-state index contributed by atoms with van der Waals surface area (Å²) < 4.78 is 24.8. The number of carbonyl (C=O) groups is 1. The molecule has 0 radical (unpaired) electrons. The van der Waals surface area contributed by atoms with Crippen LogP contribution in [0.15, 0.2) is 0 Å². The first kappa shape index (κ1) is 14.8. The highest BCUT2D eigenvalue weighted by atomic mass is 32.2. The van der Waals surface area contributed by atoms with Gasteiger partial charge in [0, 0.05) is 12.6 Å². The summed E-state index contributed by atoms with van der Waals surface area (Å²) in [6.45, 7) is 2.66. The molecular weight excluding hydrogens is 264 g/mol. The Bertz CT molecular complexity index is 435. The maximum Gasteiger partial charge on any atom is 0.238 e. The largest absolute Gasteiger partial charge is 0.352 e. The number of hydrogen-bond acceptors (Lipinski definition) is 3. The van der Waals surface area contributed by atoms with Crippen molar-refractivity contribution in [3.8, 4) is 0 Å². The van der Waals surface area contributed by atoms with Crippen molar-refractivity contribution in [1.29, 1.82) is 0 Å². The number of rotatable bonds is 3. The fourth-order valence-electron chi connectivity index (χ4n) is 3.20. The number of amides is 1. The van der Waals surface area contributed by atoms with Gasteiger partial charge >= 0.3 is 0 Å². The van der Waals surface area contributed by atoms with Gasteiger partial charge in [0.15, 0.2) is 0 Å². The second kappa shape index (κ2) is 5.79.